The van der Waals surface area contributed by atoms with E-state index in [0.29, 0.717) is 5.41 Å². The van der Waals surface area contributed by atoms with Crippen LogP contribution < -0.4 is 0 Å². The van der Waals surface area contributed by atoms with Gasteiger partial charge >= 0.3 is 0 Å². The lowest BCUT2D eigenvalue weighted by Gasteiger charge is -2.44. The van der Waals surface area contributed by atoms with Crippen LogP contribution in [0.4, 0.5) is 0 Å². The molecule has 0 aliphatic heterocycles. The zero-order valence-electron chi connectivity index (χ0n) is 9.31. The normalized spacial score (nSPS) is 37.3. The number of carbonyl (C=O) groups is 1. The van der Waals surface area contributed by atoms with E-state index in [1.807, 2.05) is 0 Å². The average molecular weight is 192 g/mol. The summed E-state index contributed by atoms with van der Waals surface area (Å²) < 4.78 is 0. The third-order valence-corrected chi connectivity index (χ3v) is 4.27. The largest absolute Gasteiger partial charge is 0.295 e. The molecule has 1 fully saturated rings. The van der Waals surface area contributed by atoms with Crippen LogP contribution in [0, 0.1) is 11.3 Å². The second-order valence-electron chi connectivity index (χ2n) is 5.29. The van der Waals surface area contributed by atoms with Gasteiger partial charge in [-0.05, 0) is 49.5 Å². The van der Waals surface area contributed by atoms with E-state index in [-0.39, 0.29) is 5.78 Å². The summed E-state index contributed by atoms with van der Waals surface area (Å²) in [7, 11) is 0. The van der Waals surface area contributed by atoms with Crippen molar-refractivity contribution in [3.8, 4) is 0 Å². The third-order valence-electron chi connectivity index (χ3n) is 4.27. The molecule has 1 saturated carbocycles. The van der Waals surface area contributed by atoms with Crippen LogP contribution in [0.2, 0.25) is 0 Å². The van der Waals surface area contributed by atoms with Crippen LogP contribution in [0.1, 0.15) is 52.4 Å². The van der Waals surface area contributed by atoms with Crippen LogP contribution in [0.25, 0.3) is 0 Å². The molecule has 78 valence electrons. The molecule has 0 radical (unpaired) electrons. The van der Waals surface area contributed by atoms with E-state index in [2.05, 4.69) is 13.0 Å². The Morgan fingerprint density at radius 1 is 1.50 bits per heavy atom. The molecule has 0 saturated heterocycles. The summed E-state index contributed by atoms with van der Waals surface area (Å²) in [5.41, 5.74) is 1.60. The van der Waals surface area contributed by atoms with Crippen LogP contribution in [-0.2, 0) is 4.79 Å². The van der Waals surface area contributed by atoms with Crippen molar-refractivity contribution in [1.29, 1.82) is 0 Å². The predicted molar refractivity (Wildman–Crippen MR) is 58.1 cm³/mol. The maximum atomic E-state index is 11.3. The SMILES string of the molecule is CC(=O)C1=CC[C@]2(C)CCCC[C@H]2C1. The Kier molecular flexibility index (Phi) is 2.50. The van der Waals surface area contributed by atoms with E-state index in [4.69, 9.17) is 0 Å². The monoisotopic (exact) mass is 192 g/mol. The summed E-state index contributed by atoms with van der Waals surface area (Å²) in [6.45, 7) is 4.11. The van der Waals surface area contributed by atoms with Gasteiger partial charge < -0.3 is 0 Å². The number of Topliss-reactive ketones (excluding diaryl/α,β-unsaturated/α-hetero) is 1. The molecule has 0 bridgehead atoms. The lowest BCUT2D eigenvalue weighted by atomic mass is 9.61. The lowest BCUT2D eigenvalue weighted by Crippen LogP contribution is -2.34. The molecule has 2 atom stereocenters. The van der Waals surface area contributed by atoms with Crippen molar-refractivity contribution in [2.45, 2.75) is 52.4 Å². The summed E-state index contributed by atoms with van der Waals surface area (Å²) in [5, 5.41) is 0. The van der Waals surface area contributed by atoms with E-state index in [1.165, 1.54) is 25.7 Å². The minimum absolute atomic E-state index is 0.289. The lowest BCUT2D eigenvalue weighted by molar-refractivity contribution is -0.114. The van der Waals surface area contributed by atoms with E-state index < -0.39 is 0 Å². The molecule has 0 spiro atoms. The minimum Gasteiger partial charge on any atom is -0.295 e. The van der Waals surface area contributed by atoms with Gasteiger partial charge in [-0.2, -0.15) is 0 Å². The first-order valence-electron chi connectivity index (χ1n) is 5.82. The molecule has 0 heterocycles. The predicted octanol–water partition coefficient (Wildman–Crippen LogP) is 3.49. The molecule has 14 heavy (non-hydrogen) atoms. The Morgan fingerprint density at radius 2 is 2.29 bits per heavy atom. The van der Waals surface area contributed by atoms with Gasteiger partial charge in [-0.15, -0.1) is 0 Å². The summed E-state index contributed by atoms with van der Waals surface area (Å²) in [4.78, 5) is 11.3. The summed E-state index contributed by atoms with van der Waals surface area (Å²) in [5.74, 6) is 1.07. The number of rotatable bonds is 1. The number of hydrogen-bond donors (Lipinski definition) is 0. The fourth-order valence-electron chi connectivity index (χ4n) is 3.08. The molecule has 2 aliphatic rings. The van der Waals surface area contributed by atoms with Gasteiger partial charge in [-0.3, -0.25) is 4.79 Å². The number of allylic oxidation sites excluding steroid dienone is 2. The van der Waals surface area contributed by atoms with E-state index in [9.17, 15) is 4.79 Å². The molecule has 0 aromatic carbocycles. The molecule has 2 aliphatic carbocycles. The zero-order valence-corrected chi connectivity index (χ0v) is 9.31. The van der Waals surface area contributed by atoms with Gasteiger partial charge in [0.2, 0.25) is 0 Å². The molecule has 0 unspecified atom stereocenters. The van der Waals surface area contributed by atoms with Crippen LogP contribution in [0.15, 0.2) is 11.6 Å². The average Bonchev–Trinajstić information content (AvgIpc) is 2.16. The van der Waals surface area contributed by atoms with Gasteiger partial charge in [0.25, 0.3) is 0 Å². The highest BCUT2D eigenvalue weighted by Gasteiger charge is 2.38. The first-order chi connectivity index (χ1) is 6.62. The van der Waals surface area contributed by atoms with Gasteiger partial charge in [0.1, 0.15) is 0 Å². The molecule has 1 nitrogen and oxygen atoms in total. The number of hydrogen-bond acceptors (Lipinski definition) is 1. The fourth-order valence-corrected chi connectivity index (χ4v) is 3.08. The van der Waals surface area contributed by atoms with Gasteiger partial charge in [0.05, 0.1) is 0 Å². The second-order valence-corrected chi connectivity index (χ2v) is 5.29. The van der Waals surface area contributed by atoms with Crippen molar-refractivity contribution in [3.05, 3.63) is 11.6 Å². The smallest absolute Gasteiger partial charge is 0.155 e. The summed E-state index contributed by atoms with van der Waals surface area (Å²) in [6.07, 6.45) is 9.82. The standard InChI is InChI=1S/C13H20O/c1-10(14)11-6-8-13(2)7-4-3-5-12(13)9-11/h6,12H,3-5,7-9H2,1-2H3/t12-,13-/m0/s1. The molecule has 2 rings (SSSR count). The van der Waals surface area contributed by atoms with E-state index >= 15 is 0 Å². The Hall–Kier alpha value is -0.590. The maximum Gasteiger partial charge on any atom is 0.155 e. The second kappa shape index (κ2) is 3.52. The van der Waals surface area contributed by atoms with Crippen LogP contribution >= 0.6 is 0 Å². The molecule has 0 amide bonds. The molecular formula is C13H20O. The van der Waals surface area contributed by atoms with E-state index in [0.717, 1.165) is 24.3 Å². The van der Waals surface area contributed by atoms with Gasteiger partial charge in [0, 0.05) is 0 Å². The first-order valence-corrected chi connectivity index (χ1v) is 5.82. The molecule has 0 aromatic rings. The Bertz CT molecular complexity index is 277. The Balaban J connectivity index is 2.17. The van der Waals surface area contributed by atoms with Crippen molar-refractivity contribution in [2.24, 2.45) is 11.3 Å². The number of fused-ring (bicyclic) bond motifs is 1. The quantitative estimate of drug-likeness (QED) is 0.621. The molecule has 1 heteroatoms. The Morgan fingerprint density at radius 3 is 3.00 bits per heavy atom. The highest BCUT2D eigenvalue weighted by molar-refractivity contribution is 5.93. The van der Waals surface area contributed by atoms with Crippen LogP contribution in [-0.4, -0.2) is 5.78 Å². The van der Waals surface area contributed by atoms with Crippen molar-refractivity contribution >= 4 is 5.78 Å². The van der Waals surface area contributed by atoms with Crippen LogP contribution in [0.3, 0.4) is 0 Å². The highest BCUT2D eigenvalue weighted by atomic mass is 16.1. The van der Waals surface area contributed by atoms with Crippen molar-refractivity contribution in [2.75, 3.05) is 0 Å². The molecule has 0 N–H and O–H groups in total. The first kappa shape index (κ1) is 9.95. The molecule has 0 aromatic heterocycles. The topological polar surface area (TPSA) is 17.1 Å². The van der Waals surface area contributed by atoms with Crippen molar-refractivity contribution < 1.29 is 4.79 Å². The van der Waals surface area contributed by atoms with Crippen molar-refractivity contribution in [1.82, 2.24) is 0 Å². The summed E-state index contributed by atoms with van der Waals surface area (Å²) in [6, 6.07) is 0. The van der Waals surface area contributed by atoms with Gasteiger partial charge in [-0.25, -0.2) is 0 Å². The number of ketones is 1. The van der Waals surface area contributed by atoms with E-state index in [1.54, 1.807) is 6.92 Å². The minimum atomic E-state index is 0.289. The maximum absolute atomic E-state index is 11.3. The fraction of sp³-hybridized carbons (Fsp3) is 0.769. The molecular weight excluding hydrogens is 172 g/mol. The van der Waals surface area contributed by atoms with Crippen molar-refractivity contribution in [3.63, 3.8) is 0 Å². The third kappa shape index (κ3) is 1.65. The number of carbonyl (C=O) groups excluding carboxylic acids is 1. The zero-order chi connectivity index (χ0) is 10.2. The highest BCUT2D eigenvalue weighted by Crippen LogP contribution is 2.49. The van der Waals surface area contributed by atoms with Gasteiger partial charge in [0.15, 0.2) is 5.78 Å². The van der Waals surface area contributed by atoms with Crippen LogP contribution in [0.5, 0.6) is 0 Å². The van der Waals surface area contributed by atoms with Gasteiger partial charge in [-0.1, -0.05) is 25.8 Å². The Labute approximate surface area is 86.6 Å². The summed E-state index contributed by atoms with van der Waals surface area (Å²) >= 11 is 0.